The van der Waals surface area contributed by atoms with Crippen molar-refractivity contribution in [2.75, 3.05) is 5.32 Å². The summed E-state index contributed by atoms with van der Waals surface area (Å²) in [6.07, 6.45) is 2.66. The van der Waals surface area contributed by atoms with E-state index in [1.54, 1.807) is 6.07 Å². The first-order valence-corrected chi connectivity index (χ1v) is 13.7. The summed E-state index contributed by atoms with van der Waals surface area (Å²) in [7, 11) is 0. The molecule has 0 saturated heterocycles. The molecule has 2 N–H and O–H groups in total. The topological polar surface area (TPSA) is 97.4 Å². The van der Waals surface area contributed by atoms with Gasteiger partial charge in [-0.25, -0.2) is 9.78 Å². The van der Waals surface area contributed by atoms with Gasteiger partial charge in [-0.2, -0.15) is 0 Å². The van der Waals surface area contributed by atoms with Gasteiger partial charge in [-0.05, 0) is 66.4 Å². The van der Waals surface area contributed by atoms with Crippen molar-refractivity contribution in [1.29, 1.82) is 0 Å². The van der Waals surface area contributed by atoms with E-state index in [-0.39, 0.29) is 17.2 Å². The molecule has 0 saturated carbocycles. The van der Waals surface area contributed by atoms with E-state index in [1.807, 2.05) is 96.4 Å². The number of carbonyl (C=O) groups excluding carboxylic acids is 1. The van der Waals surface area contributed by atoms with E-state index in [1.165, 1.54) is 0 Å². The fraction of sp³-hybridized carbons (Fsp3) is 0.147. The third-order valence-corrected chi connectivity index (χ3v) is 7.36. The van der Waals surface area contributed by atoms with Crippen LogP contribution in [0.2, 0.25) is 0 Å². The average Bonchev–Trinajstić information content (AvgIpc) is 3.57. The third-order valence-electron chi connectivity index (χ3n) is 7.36. The number of nitrogens with zero attached hydrogens (tertiary/aromatic N) is 2. The molecule has 0 bridgehead atoms. The second-order valence-corrected chi connectivity index (χ2v) is 10.1. The fourth-order valence-electron chi connectivity index (χ4n) is 5.34. The molecule has 6 rings (SSSR count). The summed E-state index contributed by atoms with van der Waals surface area (Å²) in [4.78, 5) is 30.5. The van der Waals surface area contributed by atoms with Crippen LogP contribution in [-0.2, 0) is 6.42 Å². The summed E-state index contributed by atoms with van der Waals surface area (Å²) >= 11 is 0. The van der Waals surface area contributed by atoms with Gasteiger partial charge in [0.25, 0.3) is 5.91 Å². The number of amides is 1. The van der Waals surface area contributed by atoms with Gasteiger partial charge < -0.3 is 14.8 Å². The van der Waals surface area contributed by atoms with Crippen LogP contribution in [-0.4, -0.2) is 26.5 Å². The number of carboxylic acid groups (broad SMARTS) is 1. The number of carbonyl (C=O) groups is 2. The third kappa shape index (κ3) is 4.87. The minimum absolute atomic E-state index is 0.224. The van der Waals surface area contributed by atoms with Gasteiger partial charge in [0.2, 0.25) is 0 Å². The Balaban J connectivity index is 1.46. The zero-order chi connectivity index (χ0) is 28.5. The van der Waals surface area contributed by atoms with Crippen molar-refractivity contribution in [3.63, 3.8) is 0 Å². The van der Waals surface area contributed by atoms with Crippen LogP contribution in [0.3, 0.4) is 0 Å². The van der Waals surface area contributed by atoms with Crippen molar-refractivity contribution >= 4 is 39.6 Å². The molecule has 2 aromatic heterocycles. The zero-order valence-electron chi connectivity index (χ0n) is 22.8. The molecule has 4 aromatic carbocycles. The standard InChI is InChI=1S/C34H29N3O4/c1-3-4-14-31-36-26-17-15-24(35-33(38)30-19-23-12-8-9-13-29(23)41-30)20-28(26)37(31)27-18-16-25(22-10-6-5-7-11-22)32(21(27)2)34(39)40/h5-13,15-20H,3-4,14H2,1-2H3,(H,35,38)(H,39,40). The van der Waals surface area contributed by atoms with Crippen LogP contribution in [0, 0.1) is 6.92 Å². The van der Waals surface area contributed by atoms with Crippen LogP contribution in [0.4, 0.5) is 5.69 Å². The van der Waals surface area contributed by atoms with Crippen molar-refractivity contribution in [3.05, 3.63) is 114 Å². The predicted molar refractivity (Wildman–Crippen MR) is 161 cm³/mol. The Morgan fingerprint density at radius 2 is 1.73 bits per heavy atom. The number of furan rings is 1. The lowest BCUT2D eigenvalue weighted by molar-refractivity contribution is 0.0696. The number of para-hydroxylation sites is 1. The van der Waals surface area contributed by atoms with Gasteiger partial charge in [-0.3, -0.25) is 9.36 Å². The molecule has 204 valence electrons. The Bertz CT molecular complexity index is 1880. The highest BCUT2D eigenvalue weighted by atomic mass is 16.4. The zero-order valence-corrected chi connectivity index (χ0v) is 22.8. The van der Waals surface area contributed by atoms with Crippen molar-refractivity contribution < 1.29 is 19.1 Å². The number of aromatic carboxylic acids is 1. The Labute approximate surface area is 237 Å². The van der Waals surface area contributed by atoms with Crippen LogP contribution < -0.4 is 5.32 Å². The van der Waals surface area contributed by atoms with Gasteiger partial charge in [-0.15, -0.1) is 0 Å². The summed E-state index contributed by atoms with van der Waals surface area (Å²) in [6, 6.07) is 28.1. The Morgan fingerprint density at radius 3 is 2.49 bits per heavy atom. The quantitative estimate of drug-likeness (QED) is 0.202. The normalized spacial score (nSPS) is 11.3. The minimum atomic E-state index is -0.985. The van der Waals surface area contributed by atoms with E-state index in [9.17, 15) is 14.7 Å². The molecule has 0 aliphatic carbocycles. The van der Waals surface area contributed by atoms with E-state index in [0.29, 0.717) is 22.4 Å². The maximum Gasteiger partial charge on any atom is 0.336 e. The maximum absolute atomic E-state index is 13.1. The highest BCUT2D eigenvalue weighted by Crippen LogP contribution is 2.33. The van der Waals surface area contributed by atoms with Crippen molar-refractivity contribution in [2.45, 2.75) is 33.1 Å². The lowest BCUT2D eigenvalue weighted by Gasteiger charge is -2.17. The van der Waals surface area contributed by atoms with Crippen LogP contribution in [0.5, 0.6) is 0 Å². The molecule has 7 heteroatoms. The summed E-state index contributed by atoms with van der Waals surface area (Å²) in [6.45, 7) is 3.97. The van der Waals surface area contributed by atoms with Crippen LogP contribution in [0.1, 0.15) is 52.1 Å². The molecular weight excluding hydrogens is 514 g/mol. The smallest absolute Gasteiger partial charge is 0.336 e. The second kappa shape index (κ2) is 10.8. The molecule has 6 aromatic rings. The van der Waals surface area contributed by atoms with Gasteiger partial charge in [-0.1, -0.05) is 67.9 Å². The molecular formula is C34H29N3O4. The number of aryl methyl sites for hydroxylation is 1. The number of imidazole rings is 1. The number of carboxylic acids is 1. The molecule has 0 aliphatic heterocycles. The molecule has 0 atom stereocenters. The van der Waals surface area contributed by atoms with E-state index < -0.39 is 5.97 Å². The highest BCUT2D eigenvalue weighted by Gasteiger charge is 2.22. The van der Waals surface area contributed by atoms with E-state index in [2.05, 4.69) is 12.2 Å². The fourth-order valence-corrected chi connectivity index (χ4v) is 5.34. The van der Waals surface area contributed by atoms with Crippen molar-refractivity contribution in [3.8, 4) is 16.8 Å². The lowest BCUT2D eigenvalue weighted by Crippen LogP contribution is -2.11. The molecule has 1 amide bonds. The molecule has 0 aliphatic rings. The van der Waals surface area contributed by atoms with Crippen LogP contribution in [0.25, 0.3) is 38.8 Å². The second-order valence-electron chi connectivity index (χ2n) is 10.1. The van der Waals surface area contributed by atoms with Gasteiger partial charge in [0.05, 0.1) is 22.3 Å². The molecule has 0 unspecified atom stereocenters. The number of unbranched alkanes of at least 4 members (excludes halogenated alkanes) is 1. The predicted octanol–water partition coefficient (Wildman–Crippen LogP) is 8.04. The summed E-state index contributed by atoms with van der Waals surface area (Å²) in [5.74, 6) is -0.271. The average molecular weight is 544 g/mol. The first-order chi connectivity index (χ1) is 19.9. The summed E-state index contributed by atoms with van der Waals surface area (Å²) in [5.41, 5.74) is 5.94. The molecule has 2 heterocycles. The minimum Gasteiger partial charge on any atom is -0.478 e. The van der Waals surface area contributed by atoms with E-state index >= 15 is 0 Å². The largest absolute Gasteiger partial charge is 0.478 e. The first kappa shape index (κ1) is 26.1. The molecule has 0 radical (unpaired) electrons. The molecule has 7 nitrogen and oxygen atoms in total. The number of fused-ring (bicyclic) bond motifs is 2. The number of anilines is 1. The van der Waals surface area contributed by atoms with Gasteiger partial charge in [0.15, 0.2) is 5.76 Å². The number of aromatic nitrogens is 2. The number of benzene rings is 4. The first-order valence-electron chi connectivity index (χ1n) is 13.7. The van der Waals surface area contributed by atoms with Crippen molar-refractivity contribution in [2.24, 2.45) is 0 Å². The monoisotopic (exact) mass is 543 g/mol. The van der Waals surface area contributed by atoms with Crippen LogP contribution in [0.15, 0.2) is 95.4 Å². The van der Waals surface area contributed by atoms with Gasteiger partial charge in [0.1, 0.15) is 11.4 Å². The highest BCUT2D eigenvalue weighted by molar-refractivity contribution is 6.05. The number of hydrogen-bond donors (Lipinski definition) is 2. The Kier molecular flexibility index (Phi) is 6.85. The lowest BCUT2D eigenvalue weighted by atomic mass is 9.94. The molecule has 0 spiro atoms. The summed E-state index contributed by atoms with van der Waals surface area (Å²) < 4.78 is 7.77. The maximum atomic E-state index is 13.1. The van der Waals surface area contributed by atoms with E-state index in [4.69, 9.17) is 9.40 Å². The number of nitrogens with one attached hydrogen (secondary N) is 1. The van der Waals surface area contributed by atoms with Gasteiger partial charge >= 0.3 is 5.97 Å². The SMILES string of the molecule is CCCCc1nc2ccc(NC(=O)c3cc4ccccc4o3)cc2n1-c1ccc(-c2ccccc2)c(C(=O)O)c1C. The Morgan fingerprint density at radius 1 is 0.951 bits per heavy atom. The molecule has 0 fully saturated rings. The number of hydrogen-bond acceptors (Lipinski definition) is 4. The van der Waals surface area contributed by atoms with E-state index in [0.717, 1.165) is 52.8 Å². The van der Waals surface area contributed by atoms with Crippen molar-refractivity contribution in [1.82, 2.24) is 9.55 Å². The van der Waals surface area contributed by atoms with Crippen LogP contribution >= 0.6 is 0 Å². The summed E-state index contributed by atoms with van der Waals surface area (Å²) in [5, 5.41) is 14.1. The molecule has 41 heavy (non-hydrogen) atoms. The Hall–Kier alpha value is -5.17. The van der Waals surface area contributed by atoms with Gasteiger partial charge in [0, 0.05) is 17.5 Å². The number of rotatable bonds is 8.